The van der Waals surface area contributed by atoms with Crippen molar-refractivity contribution in [3.8, 4) is 0 Å². The second-order valence-corrected chi connectivity index (χ2v) is 6.77. The van der Waals surface area contributed by atoms with Gasteiger partial charge < -0.3 is 15.0 Å². The molecule has 0 aliphatic carbocycles. The highest BCUT2D eigenvalue weighted by atomic mass is 32.1. The predicted octanol–water partition coefficient (Wildman–Crippen LogP) is 2.51. The van der Waals surface area contributed by atoms with E-state index in [4.69, 9.17) is 9.72 Å². The number of hydrogen-bond donors (Lipinski definition) is 1. The Balaban J connectivity index is 1.93. The molecule has 1 atom stereocenters. The van der Waals surface area contributed by atoms with E-state index in [-0.39, 0.29) is 5.60 Å². The van der Waals surface area contributed by atoms with E-state index in [1.54, 1.807) is 11.3 Å². The van der Waals surface area contributed by atoms with Gasteiger partial charge in [-0.05, 0) is 26.3 Å². The topological polar surface area (TPSA) is 41.8 Å². The van der Waals surface area contributed by atoms with Crippen molar-refractivity contribution in [1.29, 1.82) is 0 Å². The summed E-state index contributed by atoms with van der Waals surface area (Å²) in [7, 11) is 1.81. The third-order valence-electron chi connectivity index (χ3n) is 4.33. The van der Waals surface area contributed by atoms with Gasteiger partial charge in [0.1, 0.15) is 0 Å². The highest BCUT2D eigenvalue weighted by molar-refractivity contribution is 7.15. The highest BCUT2D eigenvalue weighted by Crippen LogP contribution is 2.31. The van der Waals surface area contributed by atoms with Gasteiger partial charge in [-0.2, -0.15) is 0 Å². The summed E-state index contributed by atoms with van der Waals surface area (Å²) in [5.41, 5.74) is 1.19. The lowest BCUT2D eigenvalue weighted by atomic mass is 9.95. The molecule has 3 heterocycles. The summed E-state index contributed by atoms with van der Waals surface area (Å²) >= 11 is 1.69. The Morgan fingerprint density at radius 2 is 2.38 bits per heavy atom. The number of methoxy groups -OCH3 is 1. The van der Waals surface area contributed by atoms with Crippen molar-refractivity contribution in [2.45, 2.75) is 38.8 Å². The molecule has 1 aliphatic heterocycles. The lowest BCUT2D eigenvalue weighted by molar-refractivity contribution is -0.00483. The largest absolute Gasteiger partial charge is 0.377 e. The minimum Gasteiger partial charge on any atom is -0.377 e. The monoisotopic (exact) mass is 308 g/mol. The fraction of sp³-hybridized carbons (Fsp3) is 0.667. The van der Waals surface area contributed by atoms with Gasteiger partial charge in [0, 0.05) is 38.3 Å². The Morgan fingerprint density at radius 1 is 1.52 bits per heavy atom. The van der Waals surface area contributed by atoms with E-state index in [1.165, 1.54) is 5.69 Å². The number of piperidine rings is 1. The molecule has 0 amide bonds. The van der Waals surface area contributed by atoms with E-state index < -0.39 is 0 Å². The first-order chi connectivity index (χ1) is 10.2. The molecule has 1 saturated heterocycles. The van der Waals surface area contributed by atoms with Crippen LogP contribution in [0, 0.1) is 0 Å². The number of nitrogens with one attached hydrogen (secondary N) is 1. The van der Waals surface area contributed by atoms with Gasteiger partial charge in [-0.1, -0.05) is 6.92 Å². The van der Waals surface area contributed by atoms with Gasteiger partial charge in [-0.15, -0.1) is 11.3 Å². The lowest BCUT2D eigenvalue weighted by Crippen LogP contribution is -2.48. The fourth-order valence-electron chi connectivity index (χ4n) is 3.04. The lowest BCUT2D eigenvalue weighted by Gasteiger charge is -2.40. The van der Waals surface area contributed by atoms with Crippen LogP contribution in [0.4, 0.5) is 5.82 Å². The molecule has 2 aromatic rings. The van der Waals surface area contributed by atoms with Crippen LogP contribution in [0.5, 0.6) is 0 Å². The molecule has 0 spiro atoms. The van der Waals surface area contributed by atoms with E-state index in [9.17, 15) is 0 Å². The molecule has 116 valence electrons. The molecule has 3 rings (SSSR count). The van der Waals surface area contributed by atoms with Gasteiger partial charge in [-0.3, -0.25) is 4.40 Å². The SMILES string of the molecule is CCNCc1c(N2CCCC(C)(OC)C2)nc2sccn12. The zero-order valence-electron chi connectivity index (χ0n) is 13.1. The average Bonchev–Trinajstić information content (AvgIpc) is 3.06. The van der Waals surface area contributed by atoms with Crippen molar-refractivity contribution in [3.05, 3.63) is 17.3 Å². The first kappa shape index (κ1) is 14.8. The van der Waals surface area contributed by atoms with Crippen LogP contribution in [0.15, 0.2) is 11.6 Å². The van der Waals surface area contributed by atoms with Crippen molar-refractivity contribution in [2.75, 3.05) is 31.6 Å². The molecular formula is C15H24N4OS. The van der Waals surface area contributed by atoms with E-state index in [0.29, 0.717) is 0 Å². The summed E-state index contributed by atoms with van der Waals surface area (Å²) in [6.07, 6.45) is 4.38. The Morgan fingerprint density at radius 3 is 3.14 bits per heavy atom. The van der Waals surface area contributed by atoms with E-state index in [1.807, 2.05) is 7.11 Å². The number of rotatable bonds is 5. The quantitative estimate of drug-likeness (QED) is 0.921. The normalized spacial score (nSPS) is 23.1. The Kier molecular flexibility index (Phi) is 4.19. The number of aromatic nitrogens is 2. The van der Waals surface area contributed by atoms with Crippen LogP contribution < -0.4 is 10.2 Å². The first-order valence-corrected chi connectivity index (χ1v) is 8.50. The van der Waals surface area contributed by atoms with Gasteiger partial charge in [0.05, 0.1) is 11.3 Å². The summed E-state index contributed by atoms with van der Waals surface area (Å²) in [6, 6.07) is 0. The first-order valence-electron chi connectivity index (χ1n) is 7.62. The third kappa shape index (κ3) is 2.80. The number of ether oxygens (including phenoxy) is 1. The predicted molar refractivity (Wildman–Crippen MR) is 87.3 cm³/mol. The van der Waals surface area contributed by atoms with Gasteiger partial charge in [0.25, 0.3) is 0 Å². The molecule has 0 aromatic carbocycles. The van der Waals surface area contributed by atoms with E-state index in [2.05, 4.69) is 40.0 Å². The second-order valence-electron chi connectivity index (χ2n) is 5.90. The Labute approximate surface area is 129 Å². The van der Waals surface area contributed by atoms with Crippen LogP contribution in [0.2, 0.25) is 0 Å². The average molecular weight is 308 g/mol. The molecule has 0 radical (unpaired) electrons. The highest BCUT2D eigenvalue weighted by Gasteiger charge is 2.33. The fourth-order valence-corrected chi connectivity index (χ4v) is 3.76. The Bertz CT molecular complexity index is 608. The van der Waals surface area contributed by atoms with Crippen molar-refractivity contribution >= 4 is 22.1 Å². The summed E-state index contributed by atoms with van der Waals surface area (Å²) < 4.78 is 7.93. The maximum Gasteiger partial charge on any atom is 0.195 e. The summed E-state index contributed by atoms with van der Waals surface area (Å²) in [5.74, 6) is 1.12. The van der Waals surface area contributed by atoms with E-state index >= 15 is 0 Å². The molecular weight excluding hydrogens is 284 g/mol. The van der Waals surface area contributed by atoms with Gasteiger partial charge in [0.15, 0.2) is 10.8 Å². The summed E-state index contributed by atoms with van der Waals surface area (Å²) in [5, 5.41) is 5.53. The molecule has 6 heteroatoms. The molecule has 2 aromatic heterocycles. The van der Waals surface area contributed by atoms with E-state index in [0.717, 1.165) is 49.8 Å². The van der Waals surface area contributed by atoms with Crippen molar-refractivity contribution in [3.63, 3.8) is 0 Å². The number of fused-ring (bicyclic) bond motifs is 1. The standard InChI is InChI=1S/C15H24N4OS/c1-4-16-10-12-13(17-14-19(12)8-9-21-14)18-7-5-6-15(2,11-18)20-3/h8-9,16H,4-7,10-11H2,1-3H3. The van der Waals surface area contributed by atoms with Crippen molar-refractivity contribution in [2.24, 2.45) is 0 Å². The van der Waals surface area contributed by atoms with Crippen molar-refractivity contribution < 1.29 is 4.74 Å². The molecule has 5 nitrogen and oxygen atoms in total. The number of nitrogens with zero attached hydrogens (tertiary/aromatic N) is 3. The van der Waals surface area contributed by atoms with Crippen LogP contribution in [0.1, 0.15) is 32.4 Å². The van der Waals surface area contributed by atoms with Crippen LogP contribution in [0.3, 0.4) is 0 Å². The maximum atomic E-state index is 5.72. The minimum absolute atomic E-state index is 0.0647. The van der Waals surface area contributed by atoms with Gasteiger partial charge in [-0.25, -0.2) is 4.98 Å². The molecule has 1 N–H and O–H groups in total. The van der Waals surface area contributed by atoms with Crippen LogP contribution >= 0.6 is 11.3 Å². The zero-order chi connectivity index (χ0) is 14.9. The molecule has 1 aliphatic rings. The third-order valence-corrected chi connectivity index (χ3v) is 5.09. The zero-order valence-corrected chi connectivity index (χ0v) is 13.9. The number of anilines is 1. The Hall–Kier alpha value is -1.11. The summed E-state index contributed by atoms with van der Waals surface area (Å²) in [6.45, 7) is 8.11. The smallest absolute Gasteiger partial charge is 0.195 e. The van der Waals surface area contributed by atoms with Crippen LogP contribution in [0.25, 0.3) is 4.96 Å². The molecule has 21 heavy (non-hydrogen) atoms. The second kappa shape index (κ2) is 5.94. The molecule has 1 fully saturated rings. The minimum atomic E-state index is -0.0647. The van der Waals surface area contributed by atoms with Gasteiger partial charge in [0.2, 0.25) is 0 Å². The van der Waals surface area contributed by atoms with Crippen molar-refractivity contribution in [1.82, 2.24) is 14.7 Å². The number of imidazole rings is 1. The molecule has 0 bridgehead atoms. The summed E-state index contributed by atoms with van der Waals surface area (Å²) in [4.78, 5) is 8.32. The number of thiazole rings is 1. The maximum absolute atomic E-state index is 5.72. The number of hydrogen-bond acceptors (Lipinski definition) is 5. The van der Waals surface area contributed by atoms with Crippen LogP contribution in [-0.2, 0) is 11.3 Å². The molecule has 1 unspecified atom stereocenters. The van der Waals surface area contributed by atoms with Gasteiger partial charge >= 0.3 is 0 Å². The molecule has 0 saturated carbocycles. The van der Waals surface area contributed by atoms with Crippen LogP contribution in [-0.4, -0.2) is 41.7 Å².